The van der Waals surface area contributed by atoms with Crippen LogP contribution < -0.4 is 20.7 Å². The van der Waals surface area contributed by atoms with Gasteiger partial charge in [-0.1, -0.05) is 224 Å². The molecule has 0 saturated heterocycles. The van der Waals surface area contributed by atoms with Crippen molar-refractivity contribution in [3.63, 3.8) is 0 Å². The van der Waals surface area contributed by atoms with Crippen LogP contribution in [0.1, 0.15) is 0 Å². The molecule has 5 nitrogen and oxygen atoms in total. The highest BCUT2D eigenvalue weighted by molar-refractivity contribution is 7.19. The summed E-state index contributed by atoms with van der Waals surface area (Å²) in [7, 11) is -2.81. The van der Waals surface area contributed by atoms with E-state index < -0.39 is 8.07 Å². The molecule has 8 aromatic carbocycles. The van der Waals surface area contributed by atoms with Crippen molar-refractivity contribution in [2.75, 3.05) is 0 Å². The van der Waals surface area contributed by atoms with E-state index in [0.717, 1.165) is 44.8 Å². The fourth-order valence-corrected chi connectivity index (χ4v) is 13.0. The average Bonchev–Trinajstić information content (AvgIpc) is 3.36. The fraction of sp³-hybridized carbons (Fsp3) is 0. The number of rotatable bonds is 10. The van der Waals surface area contributed by atoms with Gasteiger partial charge in [0.05, 0.1) is 11.4 Å². The van der Waals surface area contributed by atoms with Crippen molar-refractivity contribution in [3.05, 3.63) is 237 Å². The van der Waals surface area contributed by atoms with Crippen molar-refractivity contribution in [2.24, 2.45) is 0 Å². The lowest BCUT2D eigenvalue weighted by Gasteiger charge is -2.34. The highest BCUT2D eigenvalue weighted by Crippen LogP contribution is 2.31. The molecule has 0 aliphatic rings. The Kier molecular flexibility index (Phi) is 10.2. The van der Waals surface area contributed by atoms with Gasteiger partial charge in [0.25, 0.3) is 0 Å². The number of aromatic nitrogens is 5. The first-order valence-corrected chi connectivity index (χ1v) is 22.4. The third-order valence-corrected chi connectivity index (χ3v) is 15.9. The maximum absolute atomic E-state index is 5.26. The zero-order chi connectivity index (χ0) is 40.9. The molecule has 0 fully saturated rings. The van der Waals surface area contributed by atoms with Gasteiger partial charge in [-0.3, -0.25) is 0 Å². The molecular weight excluding hydrogens is 759 g/mol. The largest absolute Gasteiger partial charge is 0.228 e. The Labute approximate surface area is 356 Å². The van der Waals surface area contributed by atoms with Crippen LogP contribution in [0.5, 0.6) is 0 Å². The molecule has 0 N–H and O–H groups in total. The van der Waals surface area contributed by atoms with Crippen LogP contribution >= 0.6 is 0 Å². The molecule has 2 heterocycles. The van der Waals surface area contributed by atoms with E-state index in [2.05, 4.69) is 152 Å². The average molecular weight is 798 g/mol. The highest BCUT2D eigenvalue weighted by Gasteiger charge is 2.41. The van der Waals surface area contributed by atoms with Crippen molar-refractivity contribution >= 4 is 28.8 Å². The Hall–Kier alpha value is -7.93. The minimum Gasteiger partial charge on any atom is -0.228 e. The summed E-state index contributed by atoms with van der Waals surface area (Å²) in [5, 5.41) is 5.15. The van der Waals surface area contributed by atoms with Gasteiger partial charge in [-0.15, -0.1) is 0 Å². The van der Waals surface area contributed by atoms with Crippen LogP contribution in [0.3, 0.4) is 0 Å². The zero-order valence-electron chi connectivity index (χ0n) is 33.3. The van der Waals surface area contributed by atoms with Gasteiger partial charge >= 0.3 is 0 Å². The zero-order valence-corrected chi connectivity index (χ0v) is 34.3. The summed E-state index contributed by atoms with van der Waals surface area (Å²) in [6.45, 7) is 0. The molecule has 288 valence electrons. The Balaban J connectivity index is 1.14. The molecule has 0 spiro atoms. The van der Waals surface area contributed by atoms with Gasteiger partial charge in [0.2, 0.25) is 0 Å². The maximum atomic E-state index is 5.26. The van der Waals surface area contributed by atoms with E-state index in [-0.39, 0.29) is 0 Å². The molecule has 0 saturated carbocycles. The minimum absolute atomic E-state index is 0.566. The van der Waals surface area contributed by atoms with Gasteiger partial charge in [-0.05, 0) is 32.9 Å². The van der Waals surface area contributed by atoms with Crippen molar-refractivity contribution < 1.29 is 0 Å². The molecule has 10 aromatic rings. The van der Waals surface area contributed by atoms with Crippen molar-refractivity contribution in [2.45, 2.75) is 0 Å². The Morgan fingerprint density at radius 3 is 0.934 bits per heavy atom. The van der Waals surface area contributed by atoms with E-state index in [1.807, 2.05) is 84.9 Å². The topological polar surface area (TPSA) is 64.5 Å². The van der Waals surface area contributed by atoms with Crippen LogP contribution in [0.15, 0.2) is 237 Å². The molecule has 0 atom stereocenters. The van der Waals surface area contributed by atoms with Crippen LogP contribution in [0.4, 0.5) is 0 Å². The summed E-state index contributed by atoms with van der Waals surface area (Å²) < 4.78 is 0. The summed E-state index contributed by atoms with van der Waals surface area (Å²) in [5.74, 6) is 2.39. The molecule has 2 aromatic heterocycles. The summed E-state index contributed by atoms with van der Waals surface area (Å²) in [5.41, 5.74) is 7.28. The summed E-state index contributed by atoms with van der Waals surface area (Å²) in [6.07, 6.45) is 0. The van der Waals surface area contributed by atoms with Gasteiger partial charge in [0.15, 0.2) is 31.4 Å². The fourth-order valence-electron chi connectivity index (χ4n) is 8.19. The Morgan fingerprint density at radius 2 is 0.508 bits per heavy atom. The Morgan fingerprint density at radius 1 is 0.213 bits per heavy atom. The summed E-state index contributed by atoms with van der Waals surface area (Å²) in [6, 6.07) is 82.6. The van der Waals surface area contributed by atoms with Crippen molar-refractivity contribution in [1.82, 2.24) is 24.9 Å². The van der Waals surface area contributed by atoms with E-state index in [0.29, 0.717) is 23.3 Å². The molecule has 61 heavy (non-hydrogen) atoms. The van der Waals surface area contributed by atoms with Crippen LogP contribution in [0.2, 0.25) is 0 Å². The van der Waals surface area contributed by atoms with E-state index in [1.165, 1.54) is 20.7 Å². The number of benzene rings is 8. The molecule has 0 bridgehead atoms. The van der Waals surface area contributed by atoms with E-state index >= 15 is 0 Å². The smallest absolute Gasteiger partial charge is 0.179 e. The third kappa shape index (κ3) is 7.48. The van der Waals surface area contributed by atoms with Gasteiger partial charge in [-0.2, -0.15) is 0 Å². The number of nitrogens with zero attached hydrogens (tertiary/aromatic N) is 5. The van der Waals surface area contributed by atoms with E-state index in [4.69, 9.17) is 24.9 Å². The highest BCUT2D eigenvalue weighted by atomic mass is 28.3. The van der Waals surface area contributed by atoms with Crippen LogP contribution in [-0.2, 0) is 0 Å². The molecule has 0 aliphatic heterocycles. The molecule has 0 unspecified atom stereocenters. The van der Waals surface area contributed by atoms with Crippen molar-refractivity contribution in [3.8, 4) is 68.1 Å². The van der Waals surface area contributed by atoms with E-state index in [1.54, 1.807) is 0 Å². The molecule has 10 rings (SSSR count). The first-order chi connectivity index (χ1) is 30.2. The molecule has 0 amide bonds. The Bertz CT molecular complexity index is 2900. The van der Waals surface area contributed by atoms with Gasteiger partial charge < -0.3 is 0 Å². The minimum atomic E-state index is -2.81. The van der Waals surface area contributed by atoms with Gasteiger partial charge in [0.1, 0.15) is 0 Å². The second-order valence-corrected chi connectivity index (χ2v) is 18.7. The normalized spacial score (nSPS) is 11.3. The maximum Gasteiger partial charge on any atom is 0.179 e. The lowest BCUT2D eigenvalue weighted by Crippen LogP contribution is -2.74. The van der Waals surface area contributed by atoms with Gasteiger partial charge in [-0.25, -0.2) is 24.9 Å². The van der Waals surface area contributed by atoms with Crippen molar-refractivity contribution in [1.29, 1.82) is 0 Å². The van der Waals surface area contributed by atoms with Gasteiger partial charge in [0, 0.05) is 33.4 Å². The molecular formula is C55H39N5Si. The van der Waals surface area contributed by atoms with Crippen LogP contribution in [-0.4, -0.2) is 33.0 Å². The first kappa shape index (κ1) is 37.3. The first-order valence-electron chi connectivity index (χ1n) is 20.4. The lowest BCUT2D eigenvalue weighted by atomic mass is 10.1. The molecule has 0 radical (unpaired) electrons. The quantitative estimate of drug-likeness (QED) is 0.102. The predicted octanol–water partition coefficient (Wildman–Crippen LogP) is 10.0. The second-order valence-electron chi connectivity index (χ2n) is 14.9. The van der Waals surface area contributed by atoms with Crippen LogP contribution in [0, 0.1) is 0 Å². The molecule has 6 heteroatoms. The van der Waals surface area contributed by atoms with Crippen LogP contribution in [0.25, 0.3) is 68.1 Å². The lowest BCUT2D eigenvalue weighted by molar-refractivity contribution is 1.07. The number of hydrogen-bond acceptors (Lipinski definition) is 5. The number of hydrogen-bond donors (Lipinski definition) is 0. The third-order valence-electron chi connectivity index (χ3n) is 11.1. The monoisotopic (exact) mass is 797 g/mol. The van der Waals surface area contributed by atoms with E-state index in [9.17, 15) is 0 Å². The second kappa shape index (κ2) is 16.7. The standard InChI is InChI=1S/C55H39N5Si/c1-7-21-40(22-8-1)50-39-51(41-23-9-2-10-24-41)57-53(56-50)43-27-19-28-44(37-43)54-58-52(42-25-11-3-12-26-42)59-55(60-54)45-29-20-36-49(38-45)61(46-30-13-4-14-31-46,47-32-15-5-16-33-47)48-34-17-6-18-35-48/h1-39H. The molecule has 0 aliphatic carbocycles. The summed E-state index contributed by atoms with van der Waals surface area (Å²) >= 11 is 0. The predicted molar refractivity (Wildman–Crippen MR) is 252 cm³/mol. The summed E-state index contributed by atoms with van der Waals surface area (Å²) in [4.78, 5) is 25.8. The SMILES string of the molecule is c1ccc(-c2cc(-c3ccccc3)nc(-c3cccc(-c4nc(-c5ccccc5)nc(-c5cccc([Si](c6ccccc6)(c6ccccc6)c6ccccc6)c5)n4)c3)n2)cc1.